The van der Waals surface area contributed by atoms with Crippen LogP contribution >= 0.6 is 0 Å². The molecule has 0 aliphatic heterocycles. The Morgan fingerprint density at radius 3 is 2.37 bits per heavy atom. The molecule has 0 unspecified atom stereocenters. The second kappa shape index (κ2) is 8.81. The minimum Gasteiger partial charge on any atom is -0.466 e. The molecule has 3 aromatic carbocycles. The first-order chi connectivity index (χ1) is 13.2. The van der Waals surface area contributed by atoms with Crippen molar-refractivity contribution in [3.63, 3.8) is 0 Å². The van der Waals surface area contributed by atoms with Crippen LogP contribution in [0, 0.1) is 0 Å². The lowest BCUT2D eigenvalue weighted by Gasteiger charge is -2.09. The summed E-state index contributed by atoms with van der Waals surface area (Å²) in [7, 11) is 0. The number of amides is 1. The van der Waals surface area contributed by atoms with Crippen LogP contribution in [-0.4, -0.2) is 18.5 Å². The van der Waals surface area contributed by atoms with Crippen LogP contribution in [0.4, 0.5) is 5.69 Å². The van der Waals surface area contributed by atoms with Gasteiger partial charge in [0.2, 0.25) is 0 Å². The molecule has 3 rings (SSSR count). The summed E-state index contributed by atoms with van der Waals surface area (Å²) in [6.07, 6.45) is 0.151. The maximum Gasteiger partial charge on any atom is 0.310 e. The van der Waals surface area contributed by atoms with Crippen LogP contribution in [0.25, 0.3) is 11.1 Å². The molecular formula is C23H21NO3. The van der Waals surface area contributed by atoms with Crippen molar-refractivity contribution < 1.29 is 14.3 Å². The fraction of sp³-hybridized carbons (Fsp3) is 0.130. The van der Waals surface area contributed by atoms with Gasteiger partial charge in [-0.1, -0.05) is 54.6 Å². The third-order valence-corrected chi connectivity index (χ3v) is 4.07. The average molecular weight is 359 g/mol. The van der Waals surface area contributed by atoms with Gasteiger partial charge in [0.1, 0.15) is 0 Å². The van der Waals surface area contributed by atoms with Crippen molar-refractivity contribution in [1.29, 1.82) is 0 Å². The molecule has 1 amide bonds. The molecule has 4 nitrogen and oxygen atoms in total. The van der Waals surface area contributed by atoms with Gasteiger partial charge >= 0.3 is 5.97 Å². The number of carbonyl (C=O) groups is 2. The smallest absolute Gasteiger partial charge is 0.310 e. The van der Waals surface area contributed by atoms with Gasteiger partial charge < -0.3 is 10.1 Å². The van der Waals surface area contributed by atoms with E-state index in [0.717, 1.165) is 22.4 Å². The zero-order valence-corrected chi connectivity index (χ0v) is 15.1. The molecule has 0 heterocycles. The van der Waals surface area contributed by atoms with E-state index in [1.54, 1.807) is 25.1 Å². The summed E-state index contributed by atoms with van der Waals surface area (Å²) >= 11 is 0. The highest BCUT2D eigenvalue weighted by Crippen LogP contribution is 2.22. The van der Waals surface area contributed by atoms with Crippen LogP contribution in [0.3, 0.4) is 0 Å². The van der Waals surface area contributed by atoms with Gasteiger partial charge in [0.15, 0.2) is 0 Å². The molecule has 3 aromatic rings. The minimum atomic E-state index is -0.300. The second-order valence-corrected chi connectivity index (χ2v) is 6.08. The lowest BCUT2D eigenvalue weighted by molar-refractivity contribution is -0.142. The number of carbonyl (C=O) groups excluding carboxylic acids is 2. The molecule has 1 N–H and O–H groups in total. The number of ether oxygens (including phenoxy) is 1. The Hall–Kier alpha value is -3.40. The van der Waals surface area contributed by atoms with Crippen LogP contribution in [0.5, 0.6) is 0 Å². The van der Waals surface area contributed by atoms with Gasteiger partial charge in [-0.15, -0.1) is 0 Å². The Labute approximate surface area is 158 Å². The zero-order chi connectivity index (χ0) is 19.1. The van der Waals surface area contributed by atoms with Crippen molar-refractivity contribution in [3.8, 4) is 11.1 Å². The first-order valence-corrected chi connectivity index (χ1v) is 8.87. The third kappa shape index (κ3) is 5.05. The summed E-state index contributed by atoms with van der Waals surface area (Å²) in [4.78, 5) is 24.2. The Kier molecular flexibility index (Phi) is 6.00. The van der Waals surface area contributed by atoms with Crippen LogP contribution in [0.15, 0.2) is 78.9 Å². The van der Waals surface area contributed by atoms with E-state index < -0.39 is 0 Å². The van der Waals surface area contributed by atoms with E-state index >= 15 is 0 Å². The molecule has 0 aromatic heterocycles. The van der Waals surface area contributed by atoms with Crippen molar-refractivity contribution in [3.05, 3.63) is 90.0 Å². The Morgan fingerprint density at radius 2 is 1.59 bits per heavy atom. The highest BCUT2D eigenvalue weighted by atomic mass is 16.5. The normalized spacial score (nSPS) is 10.3. The van der Waals surface area contributed by atoms with E-state index in [0.29, 0.717) is 12.2 Å². The van der Waals surface area contributed by atoms with Crippen molar-refractivity contribution in [1.82, 2.24) is 0 Å². The van der Waals surface area contributed by atoms with Crippen molar-refractivity contribution in [2.75, 3.05) is 11.9 Å². The molecule has 0 saturated carbocycles. The molecule has 0 atom stereocenters. The molecule has 0 fully saturated rings. The van der Waals surface area contributed by atoms with Gasteiger partial charge in [0.25, 0.3) is 5.91 Å². The fourth-order valence-electron chi connectivity index (χ4n) is 2.81. The quantitative estimate of drug-likeness (QED) is 0.649. The SMILES string of the molecule is CCOC(=O)Cc1cccc(C(=O)Nc2cccc(-c3ccccc3)c2)c1. The van der Waals surface area contributed by atoms with Crippen molar-refractivity contribution in [2.24, 2.45) is 0 Å². The maximum atomic E-state index is 12.6. The summed E-state index contributed by atoms with van der Waals surface area (Å²) in [5.74, 6) is -0.517. The van der Waals surface area contributed by atoms with Gasteiger partial charge in [-0.25, -0.2) is 0 Å². The number of nitrogens with one attached hydrogen (secondary N) is 1. The summed E-state index contributed by atoms with van der Waals surface area (Å²) in [5, 5.41) is 2.92. The molecule has 0 spiro atoms. The number of esters is 1. The third-order valence-electron chi connectivity index (χ3n) is 4.07. The summed E-state index contributed by atoms with van der Waals surface area (Å²) < 4.78 is 4.96. The van der Waals surface area contributed by atoms with E-state index in [9.17, 15) is 9.59 Å². The Morgan fingerprint density at radius 1 is 0.852 bits per heavy atom. The first kappa shape index (κ1) is 18.4. The predicted molar refractivity (Wildman–Crippen MR) is 107 cm³/mol. The number of rotatable bonds is 6. The molecular weight excluding hydrogens is 338 g/mol. The van der Waals surface area contributed by atoms with Crippen LogP contribution < -0.4 is 5.32 Å². The highest BCUT2D eigenvalue weighted by molar-refractivity contribution is 6.04. The molecule has 136 valence electrons. The fourth-order valence-corrected chi connectivity index (χ4v) is 2.81. The molecule has 27 heavy (non-hydrogen) atoms. The highest BCUT2D eigenvalue weighted by Gasteiger charge is 2.10. The maximum absolute atomic E-state index is 12.6. The predicted octanol–water partition coefficient (Wildman–Crippen LogP) is 4.71. The van der Waals surface area contributed by atoms with E-state index in [1.807, 2.05) is 60.7 Å². The van der Waals surface area contributed by atoms with Crippen LogP contribution in [-0.2, 0) is 16.0 Å². The Balaban J connectivity index is 1.73. The minimum absolute atomic E-state index is 0.151. The molecule has 0 bridgehead atoms. The van der Waals surface area contributed by atoms with E-state index in [4.69, 9.17) is 4.74 Å². The van der Waals surface area contributed by atoms with Crippen molar-refractivity contribution >= 4 is 17.6 Å². The summed E-state index contributed by atoms with van der Waals surface area (Å²) in [6, 6.07) is 24.7. The van der Waals surface area contributed by atoms with Gasteiger partial charge in [0.05, 0.1) is 13.0 Å². The molecule has 0 aliphatic carbocycles. The molecule has 4 heteroatoms. The monoisotopic (exact) mass is 359 g/mol. The van der Waals surface area contributed by atoms with Crippen molar-refractivity contribution in [2.45, 2.75) is 13.3 Å². The van der Waals surface area contributed by atoms with E-state index in [2.05, 4.69) is 5.32 Å². The largest absolute Gasteiger partial charge is 0.466 e. The Bertz CT molecular complexity index is 935. The second-order valence-electron chi connectivity index (χ2n) is 6.08. The number of hydrogen-bond donors (Lipinski definition) is 1. The van der Waals surface area contributed by atoms with Gasteiger partial charge in [-0.3, -0.25) is 9.59 Å². The van der Waals surface area contributed by atoms with Crippen LogP contribution in [0.2, 0.25) is 0 Å². The molecule has 0 aliphatic rings. The lowest BCUT2D eigenvalue weighted by Crippen LogP contribution is -2.13. The molecule has 0 saturated heterocycles. The van der Waals surface area contributed by atoms with Gasteiger partial charge in [-0.05, 0) is 47.9 Å². The number of hydrogen-bond acceptors (Lipinski definition) is 3. The standard InChI is InChI=1S/C23H21NO3/c1-2-27-22(25)15-17-8-6-12-20(14-17)23(26)24-21-13-7-11-19(16-21)18-9-4-3-5-10-18/h3-14,16H,2,15H2,1H3,(H,24,26). The first-order valence-electron chi connectivity index (χ1n) is 8.87. The number of benzene rings is 3. The van der Waals surface area contributed by atoms with E-state index in [-0.39, 0.29) is 18.3 Å². The van der Waals surface area contributed by atoms with Crippen LogP contribution in [0.1, 0.15) is 22.8 Å². The summed E-state index contributed by atoms with van der Waals surface area (Å²) in [5.41, 5.74) is 4.09. The van der Waals surface area contributed by atoms with Gasteiger partial charge in [0, 0.05) is 11.3 Å². The lowest BCUT2D eigenvalue weighted by atomic mass is 10.0. The van der Waals surface area contributed by atoms with Gasteiger partial charge in [-0.2, -0.15) is 0 Å². The topological polar surface area (TPSA) is 55.4 Å². The average Bonchev–Trinajstić information content (AvgIpc) is 2.69. The molecule has 0 radical (unpaired) electrons. The zero-order valence-electron chi connectivity index (χ0n) is 15.1. The van der Waals surface area contributed by atoms with E-state index in [1.165, 1.54) is 0 Å². The summed E-state index contributed by atoms with van der Waals surface area (Å²) in [6.45, 7) is 2.11. The number of anilines is 1.